The molecule has 6 rings (SSSR count). The van der Waals surface area contributed by atoms with Crippen molar-refractivity contribution in [3.63, 3.8) is 0 Å². The second-order valence-electron chi connectivity index (χ2n) is 9.20. The zero-order valence-corrected chi connectivity index (χ0v) is 19.3. The van der Waals surface area contributed by atoms with Gasteiger partial charge in [-0.05, 0) is 63.4 Å². The molecule has 1 heterocycles. The predicted octanol–water partition coefficient (Wildman–Crippen LogP) is 7.85. The Morgan fingerprint density at radius 2 is 1.71 bits per heavy atom. The Kier molecular flexibility index (Phi) is 4.70. The Bertz CT molecular complexity index is 1490. The minimum absolute atomic E-state index is 0.223. The van der Waals surface area contributed by atoms with Gasteiger partial charge in [0.2, 0.25) is 0 Å². The van der Waals surface area contributed by atoms with Gasteiger partial charge in [0, 0.05) is 17.0 Å². The van der Waals surface area contributed by atoms with E-state index >= 15 is 0 Å². The molecule has 2 N–H and O–H groups in total. The van der Waals surface area contributed by atoms with Gasteiger partial charge in [-0.25, -0.2) is 0 Å². The summed E-state index contributed by atoms with van der Waals surface area (Å²) >= 11 is 0. The van der Waals surface area contributed by atoms with Gasteiger partial charge in [0.15, 0.2) is 0 Å². The van der Waals surface area contributed by atoms with Gasteiger partial charge in [-0.2, -0.15) is 0 Å². The van der Waals surface area contributed by atoms with Gasteiger partial charge in [0.1, 0.15) is 11.4 Å². The number of ether oxygens (including phenoxy) is 1. The molecule has 0 saturated heterocycles. The number of benzene rings is 4. The smallest absolute Gasteiger partial charge is 0.137 e. The van der Waals surface area contributed by atoms with E-state index in [-0.39, 0.29) is 11.5 Å². The highest BCUT2D eigenvalue weighted by Gasteiger charge is 2.42. The summed E-state index contributed by atoms with van der Waals surface area (Å²) in [5, 5.41) is 2.46. The van der Waals surface area contributed by atoms with Gasteiger partial charge < -0.3 is 10.5 Å². The topological polar surface area (TPSA) is 35.2 Å². The van der Waals surface area contributed by atoms with E-state index in [0.717, 1.165) is 28.9 Å². The van der Waals surface area contributed by atoms with E-state index < -0.39 is 0 Å². The van der Waals surface area contributed by atoms with E-state index in [4.69, 9.17) is 10.5 Å². The average molecular weight is 442 g/mol. The molecule has 2 nitrogen and oxygen atoms in total. The fraction of sp³-hybridized carbons (Fsp3) is 0.125. The SMILES string of the molecule is C=C(N)c1cccc(-c2ccc(-c3ccc4c5c(cccc35)C3C=CC=CC3(CC)O4)cc2)c1. The second-order valence-corrected chi connectivity index (χ2v) is 9.20. The van der Waals surface area contributed by atoms with Crippen molar-refractivity contribution in [3.8, 4) is 28.0 Å². The number of allylic oxidation sites excluding steroid dienone is 2. The standard InChI is InChI=1S/C32H27NO/c1-3-32-19-5-4-12-29(32)28-11-7-10-27-26(17-18-30(34-32)31(27)28)23-15-13-22(14-16-23)25-9-6-8-24(20-25)21(2)33/h4-20,29H,2-3,33H2,1H3. The highest BCUT2D eigenvalue weighted by atomic mass is 16.5. The summed E-state index contributed by atoms with van der Waals surface area (Å²) in [7, 11) is 0. The summed E-state index contributed by atoms with van der Waals surface area (Å²) in [5.74, 6) is 1.20. The maximum absolute atomic E-state index is 6.69. The summed E-state index contributed by atoms with van der Waals surface area (Å²) in [6.45, 7) is 6.07. The first-order valence-corrected chi connectivity index (χ1v) is 11.9. The zero-order valence-electron chi connectivity index (χ0n) is 19.3. The third-order valence-electron chi connectivity index (χ3n) is 7.30. The molecule has 34 heavy (non-hydrogen) atoms. The number of hydrogen-bond donors (Lipinski definition) is 1. The van der Waals surface area contributed by atoms with Crippen molar-refractivity contribution in [2.75, 3.05) is 0 Å². The van der Waals surface area contributed by atoms with Crippen LogP contribution in [0.1, 0.15) is 30.4 Å². The molecule has 2 aliphatic rings. The van der Waals surface area contributed by atoms with Crippen LogP contribution in [0, 0.1) is 0 Å². The molecule has 0 spiro atoms. The molecule has 2 heteroatoms. The first kappa shape index (κ1) is 20.6. The van der Waals surface area contributed by atoms with Gasteiger partial charge in [-0.3, -0.25) is 0 Å². The summed E-state index contributed by atoms with van der Waals surface area (Å²) in [5.41, 5.74) is 13.2. The first-order chi connectivity index (χ1) is 16.6. The van der Waals surface area contributed by atoms with Gasteiger partial charge in [-0.1, -0.05) is 98.5 Å². The Balaban J connectivity index is 1.44. The molecular weight excluding hydrogens is 414 g/mol. The Hall–Kier alpha value is -4.04. The van der Waals surface area contributed by atoms with Crippen molar-refractivity contribution in [2.45, 2.75) is 24.9 Å². The molecule has 1 aliphatic carbocycles. The van der Waals surface area contributed by atoms with Crippen molar-refractivity contribution < 1.29 is 4.74 Å². The van der Waals surface area contributed by atoms with Crippen LogP contribution < -0.4 is 10.5 Å². The number of nitrogens with two attached hydrogens (primary N) is 1. The van der Waals surface area contributed by atoms with Crippen LogP contribution in [0.15, 0.2) is 110 Å². The predicted molar refractivity (Wildman–Crippen MR) is 143 cm³/mol. The lowest BCUT2D eigenvalue weighted by atomic mass is 9.73. The molecular formula is C32H27NO. The quantitative estimate of drug-likeness (QED) is 0.350. The lowest BCUT2D eigenvalue weighted by Crippen LogP contribution is -2.42. The zero-order chi connectivity index (χ0) is 23.3. The molecule has 0 aromatic heterocycles. The monoisotopic (exact) mass is 441 g/mol. The Morgan fingerprint density at radius 3 is 2.50 bits per heavy atom. The average Bonchev–Trinajstić information content (AvgIpc) is 2.89. The molecule has 0 fully saturated rings. The maximum atomic E-state index is 6.69. The van der Waals surface area contributed by atoms with Gasteiger partial charge in [-0.15, -0.1) is 0 Å². The van der Waals surface area contributed by atoms with Crippen LogP contribution in [0.25, 0.3) is 38.7 Å². The first-order valence-electron chi connectivity index (χ1n) is 11.9. The summed E-state index contributed by atoms with van der Waals surface area (Å²) < 4.78 is 6.69. The van der Waals surface area contributed by atoms with E-state index in [1.807, 2.05) is 12.1 Å². The second kappa shape index (κ2) is 7.78. The summed E-state index contributed by atoms with van der Waals surface area (Å²) in [6.07, 6.45) is 9.69. The third-order valence-corrected chi connectivity index (χ3v) is 7.30. The molecule has 166 valence electrons. The van der Waals surface area contributed by atoms with Crippen LogP contribution in [-0.2, 0) is 0 Å². The minimum atomic E-state index is -0.303. The fourth-order valence-corrected chi connectivity index (χ4v) is 5.48. The van der Waals surface area contributed by atoms with E-state index in [1.54, 1.807) is 0 Å². The van der Waals surface area contributed by atoms with Crippen LogP contribution in [0.4, 0.5) is 0 Å². The maximum Gasteiger partial charge on any atom is 0.137 e. The van der Waals surface area contributed by atoms with Gasteiger partial charge in [0.25, 0.3) is 0 Å². The van der Waals surface area contributed by atoms with Crippen molar-refractivity contribution >= 4 is 16.5 Å². The van der Waals surface area contributed by atoms with Crippen LogP contribution in [0.5, 0.6) is 5.75 Å². The van der Waals surface area contributed by atoms with Crippen molar-refractivity contribution in [1.29, 1.82) is 0 Å². The van der Waals surface area contributed by atoms with Gasteiger partial charge in [0.05, 0.1) is 0 Å². The lowest BCUT2D eigenvalue weighted by molar-refractivity contribution is 0.0942. The molecule has 4 aromatic carbocycles. The van der Waals surface area contributed by atoms with Crippen LogP contribution in [0.2, 0.25) is 0 Å². The Labute approximate surface area is 200 Å². The van der Waals surface area contributed by atoms with Crippen molar-refractivity contribution in [2.24, 2.45) is 5.73 Å². The highest BCUT2D eigenvalue weighted by Crippen LogP contribution is 2.50. The minimum Gasteiger partial charge on any atom is -0.482 e. The van der Waals surface area contributed by atoms with E-state index in [0.29, 0.717) is 5.70 Å². The molecule has 0 bridgehead atoms. The molecule has 2 atom stereocenters. The normalized spacial score (nSPS) is 20.1. The van der Waals surface area contributed by atoms with Crippen molar-refractivity contribution in [3.05, 3.63) is 121 Å². The van der Waals surface area contributed by atoms with Crippen LogP contribution in [-0.4, -0.2) is 5.60 Å². The van der Waals surface area contributed by atoms with Gasteiger partial charge >= 0.3 is 0 Å². The van der Waals surface area contributed by atoms with E-state index in [9.17, 15) is 0 Å². The molecule has 1 aliphatic heterocycles. The molecule has 2 unspecified atom stereocenters. The number of hydrogen-bond acceptors (Lipinski definition) is 2. The summed E-state index contributed by atoms with van der Waals surface area (Å²) in [6, 6.07) is 28.0. The number of fused-ring (bicyclic) bond motifs is 2. The lowest BCUT2D eigenvalue weighted by Gasteiger charge is -2.43. The fourth-order valence-electron chi connectivity index (χ4n) is 5.48. The molecule has 0 radical (unpaired) electrons. The molecule has 0 amide bonds. The van der Waals surface area contributed by atoms with E-state index in [1.165, 1.54) is 27.5 Å². The Morgan fingerprint density at radius 1 is 0.912 bits per heavy atom. The van der Waals surface area contributed by atoms with Crippen LogP contribution in [0.3, 0.4) is 0 Å². The largest absolute Gasteiger partial charge is 0.482 e. The summed E-state index contributed by atoms with van der Waals surface area (Å²) in [4.78, 5) is 0. The van der Waals surface area contributed by atoms with E-state index in [2.05, 4.69) is 105 Å². The molecule has 4 aromatic rings. The third kappa shape index (κ3) is 3.10. The van der Waals surface area contributed by atoms with Crippen LogP contribution >= 0.6 is 0 Å². The highest BCUT2D eigenvalue weighted by molar-refractivity contribution is 6.03. The molecule has 0 saturated carbocycles. The van der Waals surface area contributed by atoms with Crippen molar-refractivity contribution in [1.82, 2.24) is 0 Å². The number of rotatable bonds is 4.